The number of nitrogens with two attached hydrogens (primary N) is 1. The number of carbonyl (C=O) groups is 1. The number of carbonyl (C=O) groups excluding carboxylic acids is 1. The van der Waals surface area contributed by atoms with E-state index in [0.29, 0.717) is 17.8 Å². The lowest BCUT2D eigenvalue weighted by molar-refractivity contribution is 0.0677. The lowest BCUT2D eigenvalue weighted by Gasteiger charge is -2.23. The van der Waals surface area contributed by atoms with E-state index in [1.165, 1.54) is 0 Å². The number of anilines is 1. The molecule has 0 unspecified atom stereocenters. The third-order valence-corrected chi connectivity index (χ3v) is 3.76. The van der Waals surface area contributed by atoms with Crippen LogP contribution in [0, 0.1) is 0 Å². The van der Waals surface area contributed by atoms with Crippen molar-refractivity contribution < 1.29 is 9.90 Å². The fourth-order valence-electron chi connectivity index (χ4n) is 2.15. The second-order valence-corrected chi connectivity index (χ2v) is 5.07. The molecule has 92 valence electrons. The number of aliphatic hydroxyl groups excluding tert-OH is 1. The fourth-order valence-corrected chi connectivity index (χ4v) is 2.57. The summed E-state index contributed by atoms with van der Waals surface area (Å²) in [4.78, 5) is 14.0. The quantitative estimate of drug-likeness (QED) is 0.816. The van der Waals surface area contributed by atoms with Gasteiger partial charge >= 0.3 is 0 Å². The van der Waals surface area contributed by atoms with Crippen molar-refractivity contribution in [2.75, 3.05) is 18.9 Å². The van der Waals surface area contributed by atoms with Crippen LogP contribution in [0.3, 0.4) is 0 Å². The Morgan fingerprint density at radius 3 is 3.06 bits per heavy atom. The lowest BCUT2D eigenvalue weighted by atomic mass is 10.1. The number of halogens is 1. The molecule has 5 heteroatoms. The van der Waals surface area contributed by atoms with Gasteiger partial charge < -0.3 is 15.7 Å². The van der Waals surface area contributed by atoms with Crippen LogP contribution >= 0.6 is 15.9 Å². The first-order valence-corrected chi connectivity index (χ1v) is 6.39. The van der Waals surface area contributed by atoms with E-state index in [1.807, 2.05) is 0 Å². The first kappa shape index (κ1) is 12.4. The zero-order valence-corrected chi connectivity index (χ0v) is 11.0. The Hall–Kier alpha value is -1.07. The molecule has 1 amide bonds. The second-order valence-electron chi connectivity index (χ2n) is 4.22. The summed E-state index contributed by atoms with van der Waals surface area (Å²) in [5, 5.41) is 9.23. The van der Waals surface area contributed by atoms with E-state index >= 15 is 0 Å². The molecule has 0 aromatic heterocycles. The third-order valence-electron chi connectivity index (χ3n) is 3.07. The molecular weight excluding hydrogens is 284 g/mol. The topological polar surface area (TPSA) is 66.6 Å². The van der Waals surface area contributed by atoms with Gasteiger partial charge in [0.15, 0.2) is 0 Å². The van der Waals surface area contributed by atoms with Gasteiger partial charge in [0.05, 0.1) is 18.2 Å². The molecule has 1 atom stereocenters. The van der Waals surface area contributed by atoms with Gasteiger partial charge in [-0.1, -0.05) is 0 Å². The number of rotatable bonds is 2. The van der Waals surface area contributed by atoms with Gasteiger partial charge in [0.2, 0.25) is 0 Å². The summed E-state index contributed by atoms with van der Waals surface area (Å²) in [5.41, 5.74) is 6.82. The number of nitrogens with zero attached hydrogens (tertiary/aromatic N) is 1. The average molecular weight is 299 g/mol. The van der Waals surface area contributed by atoms with Crippen LogP contribution in [0.4, 0.5) is 5.69 Å². The van der Waals surface area contributed by atoms with Crippen LogP contribution in [0.5, 0.6) is 0 Å². The van der Waals surface area contributed by atoms with Crippen LogP contribution in [-0.4, -0.2) is 35.1 Å². The molecule has 0 aliphatic carbocycles. The number of likely N-dealkylation sites (tertiary alicyclic amines) is 1. The van der Waals surface area contributed by atoms with Crippen molar-refractivity contribution in [1.29, 1.82) is 0 Å². The molecular formula is C12H15BrN2O2. The van der Waals surface area contributed by atoms with E-state index < -0.39 is 0 Å². The van der Waals surface area contributed by atoms with Crippen LogP contribution in [0.1, 0.15) is 23.2 Å². The Bertz CT molecular complexity index is 437. The molecule has 0 saturated carbocycles. The Balaban J connectivity index is 2.27. The van der Waals surface area contributed by atoms with E-state index in [-0.39, 0.29) is 18.6 Å². The first-order valence-electron chi connectivity index (χ1n) is 5.60. The molecule has 1 aromatic rings. The highest BCUT2D eigenvalue weighted by Crippen LogP contribution is 2.25. The number of nitrogen functional groups attached to an aromatic ring is 1. The lowest BCUT2D eigenvalue weighted by Crippen LogP contribution is -2.37. The average Bonchev–Trinajstić information content (AvgIpc) is 2.79. The molecule has 4 nitrogen and oxygen atoms in total. The number of hydrogen-bond acceptors (Lipinski definition) is 3. The maximum absolute atomic E-state index is 12.3. The van der Waals surface area contributed by atoms with Crippen molar-refractivity contribution in [2.45, 2.75) is 18.9 Å². The van der Waals surface area contributed by atoms with E-state index in [2.05, 4.69) is 15.9 Å². The summed E-state index contributed by atoms with van der Waals surface area (Å²) >= 11 is 3.35. The number of benzene rings is 1. The minimum atomic E-state index is -0.0688. The van der Waals surface area contributed by atoms with Gasteiger partial charge in [-0.25, -0.2) is 0 Å². The predicted octanol–water partition coefficient (Wildman–Crippen LogP) is 1.63. The highest BCUT2D eigenvalue weighted by Gasteiger charge is 2.29. The zero-order valence-electron chi connectivity index (χ0n) is 9.40. The molecule has 0 radical (unpaired) electrons. The van der Waals surface area contributed by atoms with Gasteiger partial charge in [0, 0.05) is 16.7 Å². The highest BCUT2D eigenvalue weighted by molar-refractivity contribution is 9.10. The second kappa shape index (κ2) is 5.06. The maximum Gasteiger partial charge on any atom is 0.255 e. The minimum absolute atomic E-state index is 0.0195. The molecule has 0 bridgehead atoms. The first-order chi connectivity index (χ1) is 8.13. The Morgan fingerprint density at radius 1 is 1.59 bits per heavy atom. The van der Waals surface area contributed by atoms with E-state index in [1.54, 1.807) is 23.1 Å². The number of hydrogen-bond donors (Lipinski definition) is 2. The fraction of sp³-hybridized carbons (Fsp3) is 0.417. The molecule has 1 fully saturated rings. The van der Waals surface area contributed by atoms with Crippen molar-refractivity contribution in [3.05, 3.63) is 28.2 Å². The van der Waals surface area contributed by atoms with E-state index in [4.69, 9.17) is 5.73 Å². The predicted molar refractivity (Wildman–Crippen MR) is 69.7 cm³/mol. The summed E-state index contributed by atoms with van der Waals surface area (Å²) in [6, 6.07) is 5.12. The maximum atomic E-state index is 12.3. The van der Waals surface area contributed by atoms with Gasteiger partial charge in [-0.2, -0.15) is 0 Å². The van der Waals surface area contributed by atoms with Crippen molar-refractivity contribution in [3.63, 3.8) is 0 Å². The Morgan fingerprint density at radius 2 is 2.35 bits per heavy atom. The van der Waals surface area contributed by atoms with Crippen LogP contribution in [0.25, 0.3) is 0 Å². The summed E-state index contributed by atoms with van der Waals surface area (Å²) in [5.74, 6) is -0.0688. The third kappa shape index (κ3) is 2.45. The molecule has 1 aliphatic heterocycles. The molecule has 3 N–H and O–H groups in total. The smallest absolute Gasteiger partial charge is 0.255 e. The van der Waals surface area contributed by atoms with Crippen molar-refractivity contribution >= 4 is 27.5 Å². The SMILES string of the molecule is Nc1ccc(Br)c(C(=O)N2CCC[C@@H]2CO)c1. The normalized spacial score (nSPS) is 19.6. The molecule has 1 saturated heterocycles. The van der Waals surface area contributed by atoms with Gasteiger partial charge in [-0.05, 0) is 47.0 Å². The monoisotopic (exact) mass is 298 g/mol. The molecule has 1 aliphatic rings. The Kier molecular flexibility index (Phi) is 3.69. The van der Waals surface area contributed by atoms with Crippen molar-refractivity contribution in [3.8, 4) is 0 Å². The number of amides is 1. The molecule has 0 spiro atoms. The highest BCUT2D eigenvalue weighted by atomic mass is 79.9. The summed E-state index contributed by atoms with van der Waals surface area (Å²) in [7, 11) is 0. The largest absolute Gasteiger partial charge is 0.399 e. The summed E-state index contributed by atoms with van der Waals surface area (Å²) in [6.07, 6.45) is 1.80. The van der Waals surface area contributed by atoms with Crippen molar-refractivity contribution in [1.82, 2.24) is 4.90 Å². The molecule has 2 rings (SSSR count). The van der Waals surface area contributed by atoms with Gasteiger partial charge in [0.25, 0.3) is 5.91 Å². The van der Waals surface area contributed by atoms with Gasteiger partial charge in [0.1, 0.15) is 0 Å². The van der Waals surface area contributed by atoms with E-state index in [9.17, 15) is 9.90 Å². The van der Waals surface area contributed by atoms with Gasteiger partial charge in [-0.15, -0.1) is 0 Å². The number of aliphatic hydroxyl groups is 1. The van der Waals surface area contributed by atoms with E-state index in [0.717, 1.165) is 17.3 Å². The molecule has 1 heterocycles. The molecule has 17 heavy (non-hydrogen) atoms. The van der Waals surface area contributed by atoms with Crippen LogP contribution in [0.2, 0.25) is 0 Å². The van der Waals surface area contributed by atoms with Gasteiger partial charge in [-0.3, -0.25) is 4.79 Å². The van der Waals surface area contributed by atoms with Crippen LogP contribution in [-0.2, 0) is 0 Å². The molecule has 1 aromatic carbocycles. The van der Waals surface area contributed by atoms with Crippen LogP contribution in [0.15, 0.2) is 22.7 Å². The standard InChI is InChI=1S/C12H15BrN2O2/c13-11-4-3-8(14)6-10(11)12(17)15-5-1-2-9(15)7-16/h3-4,6,9,16H,1-2,5,7,14H2/t9-/m1/s1. The van der Waals surface area contributed by atoms with Crippen molar-refractivity contribution in [2.24, 2.45) is 0 Å². The van der Waals surface area contributed by atoms with Crippen LogP contribution < -0.4 is 5.73 Å². The summed E-state index contributed by atoms with van der Waals surface area (Å²) in [6.45, 7) is 0.719. The minimum Gasteiger partial charge on any atom is -0.399 e. The zero-order chi connectivity index (χ0) is 12.4. The Labute approximate surface area is 109 Å². The summed E-state index contributed by atoms with van der Waals surface area (Å²) < 4.78 is 0.736.